The third-order valence-electron chi connectivity index (χ3n) is 2.97. The van der Waals surface area contributed by atoms with Crippen molar-refractivity contribution < 1.29 is 0 Å². The zero-order valence-electron chi connectivity index (χ0n) is 12.5. The van der Waals surface area contributed by atoms with E-state index >= 15 is 0 Å². The number of rotatable bonds is 6. The monoisotopic (exact) mass is 349 g/mol. The first-order valence-corrected chi connectivity index (χ1v) is 7.70. The third kappa shape index (κ3) is 3.85. The molecule has 0 aliphatic rings. The molecule has 0 bridgehead atoms. The molecule has 0 aliphatic carbocycles. The Morgan fingerprint density at radius 2 is 1.86 bits per heavy atom. The molecular formula is C15H20BrN5. The summed E-state index contributed by atoms with van der Waals surface area (Å²) in [7, 11) is 4.04. The summed E-state index contributed by atoms with van der Waals surface area (Å²) in [4.78, 5) is 10.6. The van der Waals surface area contributed by atoms with Gasteiger partial charge in [0.15, 0.2) is 0 Å². The molecule has 6 heteroatoms. The van der Waals surface area contributed by atoms with Gasteiger partial charge < -0.3 is 15.5 Å². The van der Waals surface area contributed by atoms with Gasteiger partial charge in [-0.3, -0.25) is 0 Å². The lowest BCUT2D eigenvalue weighted by molar-refractivity contribution is 0.962. The molecule has 2 aromatic rings. The SMILES string of the molecule is CCCNc1ncnc(Nc2ccccc2N(C)C)c1Br. The van der Waals surface area contributed by atoms with Crippen LogP contribution in [-0.2, 0) is 0 Å². The van der Waals surface area contributed by atoms with Gasteiger partial charge in [-0.25, -0.2) is 9.97 Å². The van der Waals surface area contributed by atoms with Gasteiger partial charge >= 0.3 is 0 Å². The minimum atomic E-state index is 0.748. The molecule has 21 heavy (non-hydrogen) atoms. The van der Waals surface area contributed by atoms with E-state index in [0.29, 0.717) is 0 Å². The van der Waals surface area contributed by atoms with Crippen molar-refractivity contribution in [2.45, 2.75) is 13.3 Å². The second-order valence-corrected chi connectivity index (χ2v) is 5.64. The van der Waals surface area contributed by atoms with Crippen LogP contribution in [0.2, 0.25) is 0 Å². The van der Waals surface area contributed by atoms with Gasteiger partial charge in [0.2, 0.25) is 0 Å². The second-order valence-electron chi connectivity index (χ2n) is 4.85. The van der Waals surface area contributed by atoms with Crippen molar-refractivity contribution in [2.75, 3.05) is 36.2 Å². The Labute approximate surface area is 133 Å². The molecule has 0 fully saturated rings. The van der Waals surface area contributed by atoms with Gasteiger partial charge in [-0.15, -0.1) is 0 Å². The van der Waals surface area contributed by atoms with Crippen molar-refractivity contribution >= 4 is 38.9 Å². The van der Waals surface area contributed by atoms with Crippen molar-refractivity contribution in [2.24, 2.45) is 0 Å². The molecule has 5 nitrogen and oxygen atoms in total. The number of anilines is 4. The maximum Gasteiger partial charge on any atom is 0.150 e. The number of benzene rings is 1. The van der Waals surface area contributed by atoms with Crippen LogP contribution in [0.4, 0.5) is 23.0 Å². The first kappa shape index (κ1) is 15.6. The minimum absolute atomic E-state index is 0.748. The molecule has 112 valence electrons. The molecule has 0 spiro atoms. The van der Waals surface area contributed by atoms with Crippen LogP contribution < -0.4 is 15.5 Å². The Hall–Kier alpha value is -1.82. The molecular weight excluding hydrogens is 330 g/mol. The topological polar surface area (TPSA) is 53.1 Å². The fraction of sp³-hybridized carbons (Fsp3) is 0.333. The average Bonchev–Trinajstić information content (AvgIpc) is 2.48. The van der Waals surface area contributed by atoms with Crippen molar-refractivity contribution in [3.8, 4) is 0 Å². The average molecular weight is 350 g/mol. The largest absolute Gasteiger partial charge is 0.376 e. The predicted molar refractivity (Wildman–Crippen MR) is 92.6 cm³/mol. The fourth-order valence-corrected chi connectivity index (χ4v) is 2.36. The number of nitrogens with zero attached hydrogens (tertiary/aromatic N) is 3. The van der Waals surface area contributed by atoms with Crippen LogP contribution in [-0.4, -0.2) is 30.6 Å². The summed E-state index contributed by atoms with van der Waals surface area (Å²) in [6.45, 7) is 3.00. The molecule has 1 heterocycles. The summed E-state index contributed by atoms with van der Waals surface area (Å²) in [5.74, 6) is 1.55. The van der Waals surface area contributed by atoms with E-state index in [1.807, 2.05) is 32.3 Å². The maximum atomic E-state index is 4.32. The van der Waals surface area contributed by atoms with E-state index in [9.17, 15) is 0 Å². The summed E-state index contributed by atoms with van der Waals surface area (Å²) in [5, 5.41) is 6.64. The first-order chi connectivity index (χ1) is 10.1. The lowest BCUT2D eigenvalue weighted by atomic mass is 10.2. The lowest BCUT2D eigenvalue weighted by Gasteiger charge is -2.19. The molecule has 0 atom stereocenters. The van der Waals surface area contributed by atoms with Gasteiger partial charge in [0, 0.05) is 20.6 Å². The lowest BCUT2D eigenvalue weighted by Crippen LogP contribution is -2.11. The van der Waals surface area contributed by atoms with Crippen molar-refractivity contribution in [3.63, 3.8) is 0 Å². The molecule has 0 aliphatic heterocycles. The standard InChI is InChI=1S/C15H20BrN5/c1-4-9-17-14-13(16)15(19-10-18-14)20-11-7-5-6-8-12(11)21(2)3/h5-8,10H,4,9H2,1-3H3,(H2,17,18,19,20). The number of nitrogens with one attached hydrogen (secondary N) is 2. The zero-order chi connectivity index (χ0) is 15.2. The van der Waals surface area contributed by atoms with Crippen molar-refractivity contribution in [1.29, 1.82) is 0 Å². The van der Waals surface area contributed by atoms with Crippen LogP contribution in [0.1, 0.15) is 13.3 Å². The Kier molecular flexibility index (Phi) is 5.38. The van der Waals surface area contributed by atoms with Gasteiger partial charge in [-0.2, -0.15) is 0 Å². The van der Waals surface area contributed by atoms with Gasteiger partial charge in [0.1, 0.15) is 22.4 Å². The van der Waals surface area contributed by atoms with E-state index in [2.05, 4.69) is 54.4 Å². The predicted octanol–water partition coefficient (Wildman–Crippen LogP) is 3.87. The highest BCUT2D eigenvalue weighted by Crippen LogP contribution is 2.32. The molecule has 0 saturated carbocycles. The van der Waals surface area contributed by atoms with E-state index in [0.717, 1.165) is 40.4 Å². The van der Waals surface area contributed by atoms with Gasteiger partial charge in [0.05, 0.1) is 11.4 Å². The summed E-state index contributed by atoms with van der Waals surface area (Å²) in [5.41, 5.74) is 2.11. The molecule has 0 saturated heterocycles. The van der Waals surface area contributed by atoms with Crippen LogP contribution in [0.5, 0.6) is 0 Å². The maximum absolute atomic E-state index is 4.32. The molecule has 0 unspecified atom stereocenters. The molecule has 1 aromatic heterocycles. The van der Waals surface area contributed by atoms with Crippen molar-refractivity contribution in [1.82, 2.24) is 9.97 Å². The van der Waals surface area contributed by atoms with Gasteiger partial charge in [-0.05, 0) is 34.5 Å². The zero-order valence-corrected chi connectivity index (χ0v) is 14.1. The second kappa shape index (κ2) is 7.26. The van der Waals surface area contributed by atoms with Crippen LogP contribution in [0.25, 0.3) is 0 Å². The summed E-state index contributed by atoms with van der Waals surface area (Å²) >= 11 is 3.57. The Bertz CT molecular complexity index is 600. The van der Waals surface area contributed by atoms with E-state index in [4.69, 9.17) is 0 Å². The summed E-state index contributed by atoms with van der Waals surface area (Å²) in [6, 6.07) is 8.11. The Balaban J connectivity index is 2.28. The number of aromatic nitrogens is 2. The minimum Gasteiger partial charge on any atom is -0.376 e. The van der Waals surface area contributed by atoms with Gasteiger partial charge in [0.25, 0.3) is 0 Å². The van der Waals surface area contributed by atoms with Gasteiger partial charge in [-0.1, -0.05) is 19.1 Å². The number of hydrogen-bond acceptors (Lipinski definition) is 5. The molecule has 2 rings (SSSR count). The Morgan fingerprint density at radius 1 is 1.14 bits per heavy atom. The summed E-state index contributed by atoms with van der Waals surface area (Å²) < 4.78 is 0.840. The van der Waals surface area contributed by atoms with Crippen LogP contribution in [0, 0.1) is 0 Å². The van der Waals surface area contributed by atoms with Crippen LogP contribution in [0.15, 0.2) is 35.1 Å². The molecule has 1 aromatic carbocycles. The third-order valence-corrected chi connectivity index (χ3v) is 3.72. The number of halogens is 1. The first-order valence-electron chi connectivity index (χ1n) is 6.91. The van der Waals surface area contributed by atoms with E-state index in [1.165, 1.54) is 0 Å². The van der Waals surface area contributed by atoms with Crippen LogP contribution >= 0.6 is 15.9 Å². The molecule has 2 N–H and O–H groups in total. The quantitative estimate of drug-likeness (QED) is 0.828. The highest BCUT2D eigenvalue weighted by Gasteiger charge is 2.10. The fourth-order valence-electron chi connectivity index (χ4n) is 1.92. The normalized spacial score (nSPS) is 10.3. The smallest absolute Gasteiger partial charge is 0.150 e. The summed E-state index contributed by atoms with van der Waals surface area (Å²) in [6.07, 6.45) is 2.60. The van der Waals surface area contributed by atoms with Crippen molar-refractivity contribution in [3.05, 3.63) is 35.1 Å². The van der Waals surface area contributed by atoms with Crippen LogP contribution in [0.3, 0.4) is 0 Å². The highest BCUT2D eigenvalue weighted by atomic mass is 79.9. The Morgan fingerprint density at radius 3 is 2.57 bits per heavy atom. The highest BCUT2D eigenvalue weighted by molar-refractivity contribution is 9.10. The van der Waals surface area contributed by atoms with E-state index < -0.39 is 0 Å². The number of hydrogen-bond donors (Lipinski definition) is 2. The molecule has 0 radical (unpaired) electrons. The molecule has 0 amide bonds. The number of para-hydroxylation sites is 2. The van der Waals surface area contributed by atoms with E-state index in [1.54, 1.807) is 6.33 Å². The van der Waals surface area contributed by atoms with E-state index in [-0.39, 0.29) is 0 Å².